The van der Waals surface area contributed by atoms with Gasteiger partial charge in [-0.25, -0.2) is 9.59 Å². The fourth-order valence-corrected chi connectivity index (χ4v) is 4.93. The summed E-state index contributed by atoms with van der Waals surface area (Å²) in [5, 5.41) is 25.1. The summed E-state index contributed by atoms with van der Waals surface area (Å²) in [6.45, 7) is 8.70. The first-order chi connectivity index (χ1) is 25.8. The van der Waals surface area contributed by atoms with E-state index in [0.717, 1.165) is 28.8 Å². The van der Waals surface area contributed by atoms with E-state index in [-0.39, 0.29) is 49.9 Å². The van der Waals surface area contributed by atoms with E-state index in [2.05, 4.69) is 25.7 Å². The molecule has 0 saturated carbocycles. The highest BCUT2D eigenvalue weighted by atomic mass is 32.2. The number of ether oxygens (including phenoxy) is 2. The maximum atomic E-state index is 13.1. The van der Waals surface area contributed by atoms with Crippen LogP contribution in [0.4, 0.5) is 37.7 Å². The number of carbonyl (C=O) groups excluding carboxylic acids is 2. The number of halogens is 6. The SMILES string of the molecule is C.C.C=CC(=O)OCC.CCOC(=O)C1CC(C(F)(F)F)=NN1c1cccc(C#N)c1.Cc1ccc(S(=O)(=O)O/C(=N\Nc2cccc(C#N)c2)C(F)(F)F)cc1. The Kier molecular flexibility index (Phi) is 20.3. The van der Waals surface area contributed by atoms with Gasteiger partial charge in [-0.1, -0.05) is 51.3 Å². The number of benzene rings is 3. The second-order valence-corrected chi connectivity index (χ2v) is 12.1. The maximum absolute atomic E-state index is 13.1. The van der Waals surface area contributed by atoms with Crippen LogP contribution in [-0.2, 0) is 33.4 Å². The van der Waals surface area contributed by atoms with Crippen LogP contribution in [0.3, 0.4) is 0 Å². The number of anilines is 2. The average molecular weight is 827 g/mol. The zero-order valence-corrected chi connectivity index (χ0v) is 30.0. The molecule has 0 saturated heterocycles. The Morgan fingerprint density at radius 1 is 0.947 bits per heavy atom. The van der Waals surface area contributed by atoms with Crippen molar-refractivity contribution >= 4 is 45.0 Å². The van der Waals surface area contributed by atoms with Gasteiger partial charge in [0.1, 0.15) is 10.6 Å². The number of nitrogens with zero attached hydrogens (tertiary/aromatic N) is 5. The highest BCUT2D eigenvalue weighted by molar-refractivity contribution is 7.87. The molecule has 1 aliphatic heterocycles. The second-order valence-electron chi connectivity index (χ2n) is 10.5. The molecule has 0 amide bonds. The molecule has 0 spiro atoms. The fraction of sp³-hybridized carbons (Fsp3) is 0.297. The summed E-state index contributed by atoms with van der Waals surface area (Å²) in [7, 11) is -4.72. The molecule has 308 valence electrons. The first-order valence-corrected chi connectivity index (χ1v) is 17.0. The minimum Gasteiger partial charge on any atom is -0.464 e. The molecule has 0 fully saturated rings. The minimum atomic E-state index is -5.16. The Bertz CT molecular complexity index is 2080. The van der Waals surface area contributed by atoms with E-state index in [0.29, 0.717) is 6.61 Å². The van der Waals surface area contributed by atoms with Gasteiger partial charge < -0.3 is 13.7 Å². The molecular weight excluding hydrogens is 786 g/mol. The predicted octanol–water partition coefficient (Wildman–Crippen LogP) is 8.19. The monoisotopic (exact) mass is 826 g/mol. The van der Waals surface area contributed by atoms with Crippen LogP contribution in [0, 0.1) is 29.6 Å². The predicted molar refractivity (Wildman–Crippen MR) is 200 cm³/mol. The average Bonchev–Trinajstić information content (AvgIpc) is 3.61. The van der Waals surface area contributed by atoms with Crippen molar-refractivity contribution in [2.75, 3.05) is 23.6 Å². The summed E-state index contributed by atoms with van der Waals surface area (Å²) < 4.78 is 115. The van der Waals surface area contributed by atoms with Crippen LogP contribution < -0.4 is 10.4 Å². The molecule has 57 heavy (non-hydrogen) atoms. The third-order valence-corrected chi connectivity index (χ3v) is 7.74. The van der Waals surface area contributed by atoms with Gasteiger partial charge in [0.25, 0.3) is 0 Å². The molecule has 20 heteroatoms. The lowest BCUT2D eigenvalue weighted by Crippen LogP contribution is -2.36. The molecule has 0 bridgehead atoms. The number of hydrazone groups is 2. The highest BCUT2D eigenvalue weighted by Gasteiger charge is 2.46. The molecule has 3 aromatic rings. The number of rotatable bonds is 9. The highest BCUT2D eigenvalue weighted by Crippen LogP contribution is 2.32. The Morgan fingerprint density at radius 3 is 2.00 bits per heavy atom. The van der Waals surface area contributed by atoms with E-state index >= 15 is 0 Å². The Labute approximate surface area is 326 Å². The van der Waals surface area contributed by atoms with Crippen LogP contribution in [0.15, 0.2) is 101 Å². The number of esters is 2. The molecule has 1 unspecified atom stereocenters. The van der Waals surface area contributed by atoms with Crippen LogP contribution in [0.1, 0.15) is 51.8 Å². The van der Waals surface area contributed by atoms with Gasteiger partial charge in [0, 0.05) is 12.5 Å². The number of nitriles is 2. The van der Waals surface area contributed by atoms with E-state index in [9.17, 15) is 44.3 Å². The van der Waals surface area contributed by atoms with Crippen molar-refractivity contribution in [2.24, 2.45) is 10.2 Å². The molecule has 4 rings (SSSR count). The standard InChI is InChI=1S/C16H12F3N3O3S.C14H12F3N3O2.C5H8O2.2CH4/c1-11-5-7-14(8-6-11)26(23,24)25-15(16(17,18)19)22-21-13-4-2-3-12(9-13)10-20;1-2-22-13(21)11-7-12(14(15,16)17)19-20(11)10-5-3-4-9(6-10)8-18;1-3-5(6)7-4-2;;/h2-9,21H,1H3;3-6,11H,2,7H2,1H3;3H,1,4H2,2H3;2*1H4/b22-15-;;;;. The number of hydrogen-bond acceptors (Lipinski definition) is 13. The molecular formula is C37H40F6N6O7S. The molecule has 0 radical (unpaired) electrons. The third-order valence-electron chi connectivity index (χ3n) is 6.51. The second kappa shape index (κ2) is 22.8. The van der Waals surface area contributed by atoms with Crippen molar-refractivity contribution in [3.63, 3.8) is 0 Å². The van der Waals surface area contributed by atoms with Gasteiger partial charge >= 0.3 is 40.3 Å². The summed E-state index contributed by atoms with van der Waals surface area (Å²) in [6, 6.07) is 18.9. The molecule has 0 aromatic heterocycles. The molecule has 1 heterocycles. The molecule has 13 nitrogen and oxygen atoms in total. The number of nitrogens with one attached hydrogen (secondary N) is 1. The van der Waals surface area contributed by atoms with E-state index < -0.39 is 57.4 Å². The van der Waals surface area contributed by atoms with E-state index in [1.807, 2.05) is 17.6 Å². The molecule has 1 aliphatic rings. The van der Waals surface area contributed by atoms with Gasteiger partial charge in [-0.15, -0.1) is 5.10 Å². The summed E-state index contributed by atoms with van der Waals surface area (Å²) >= 11 is 0. The Hall–Kier alpha value is -6.41. The summed E-state index contributed by atoms with van der Waals surface area (Å²) in [5.41, 5.74) is 2.45. The smallest absolute Gasteiger partial charge is 0.464 e. The lowest BCUT2D eigenvalue weighted by molar-refractivity contribution is -0.144. The van der Waals surface area contributed by atoms with Crippen molar-refractivity contribution in [3.05, 3.63) is 102 Å². The first-order valence-electron chi connectivity index (χ1n) is 15.6. The van der Waals surface area contributed by atoms with E-state index in [4.69, 9.17) is 15.3 Å². The van der Waals surface area contributed by atoms with Crippen molar-refractivity contribution in [1.82, 2.24) is 0 Å². The van der Waals surface area contributed by atoms with Gasteiger partial charge in [-0.05, 0) is 69.3 Å². The summed E-state index contributed by atoms with van der Waals surface area (Å²) in [5.74, 6) is -3.13. The summed E-state index contributed by atoms with van der Waals surface area (Å²) in [6.07, 6.45) is -9.22. The van der Waals surface area contributed by atoms with E-state index in [1.54, 1.807) is 20.8 Å². The van der Waals surface area contributed by atoms with Crippen molar-refractivity contribution in [1.29, 1.82) is 10.5 Å². The zero-order valence-electron chi connectivity index (χ0n) is 29.2. The summed E-state index contributed by atoms with van der Waals surface area (Å²) in [4.78, 5) is 21.5. The van der Waals surface area contributed by atoms with Crippen molar-refractivity contribution in [3.8, 4) is 12.1 Å². The lowest BCUT2D eigenvalue weighted by Gasteiger charge is -2.21. The zero-order chi connectivity index (χ0) is 41.4. The van der Waals surface area contributed by atoms with Crippen molar-refractivity contribution in [2.45, 2.75) is 65.3 Å². The van der Waals surface area contributed by atoms with Gasteiger partial charge in [0.05, 0.1) is 47.9 Å². The largest absolute Gasteiger partial charge is 0.471 e. The van der Waals surface area contributed by atoms with Gasteiger partial charge in [0.15, 0.2) is 6.04 Å². The number of aryl methyl sites for hydroxylation is 1. The van der Waals surface area contributed by atoms with Gasteiger partial charge in [0.2, 0.25) is 0 Å². The van der Waals surface area contributed by atoms with Crippen molar-refractivity contribution < 1.29 is 58.0 Å². The first kappa shape index (κ1) is 50.6. The van der Waals surface area contributed by atoms with Crippen LogP contribution >= 0.6 is 0 Å². The van der Waals surface area contributed by atoms with Gasteiger partial charge in [-0.3, -0.25) is 10.4 Å². The normalized spacial score (nSPS) is 13.5. The fourth-order valence-electron chi connectivity index (χ4n) is 4.02. The number of alkyl halides is 6. The third kappa shape index (κ3) is 16.1. The van der Waals surface area contributed by atoms with Crippen LogP contribution in [-0.4, -0.2) is 63.6 Å². The molecule has 1 atom stereocenters. The molecule has 1 N–H and O–H groups in total. The van der Waals surface area contributed by atoms with E-state index in [1.165, 1.54) is 60.7 Å². The topological polar surface area (TPSA) is 184 Å². The molecule has 0 aliphatic carbocycles. The number of hydrogen-bond donors (Lipinski definition) is 1. The Balaban J connectivity index is 0.000000923. The van der Waals surface area contributed by atoms with Gasteiger partial charge in [-0.2, -0.15) is 50.4 Å². The van der Waals surface area contributed by atoms with Crippen LogP contribution in [0.2, 0.25) is 0 Å². The quantitative estimate of drug-likeness (QED) is 0.0417. The van der Waals surface area contributed by atoms with Crippen LogP contribution in [0.25, 0.3) is 0 Å². The van der Waals surface area contributed by atoms with Crippen LogP contribution in [0.5, 0.6) is 0 Å². The maximum Gasteiger partial charge on any atom is 0.471 e. The molecule has 3 aromatic carbocycles. The Morgan fingerprint density at radius 2 is 1.51 bits per heavy atom. The lowest BCUT2D eigenvalue weighted by atomic mass is 10.1. The number of carbonyl (C=O) groups is 2. The minimum absolute atomic E-state index is 0.